The van der Waals surface area contributed by atoms with Gasteiger partial charge in [-0.1, -0.05) is 49.1 Å². The zero-order valence-corrected chi connectivity index (χ0v) is 22.7. The van der Waals surface area contributed by atoms with E-state index in [1.165, 1.54) is 18.2 Å². The second kappa shape index (κ2) is 11.1. The Morgan fingerprint density at radius 1 is 1.16 bits per heavy atom. The van der Waals surface area contributed by atoms with Gasteiger partial charge in [-0.25, -0.2) is 4.98 Å². The lowest BCUT2D eigenvalue weighted by Gasteiger charge is -2.37. The third kappa shape index (κ3) is 5.15. The van der Waals surface area contributed by atoms with Gasteiger partial charge in [-0.3, -0.25) is 18.9 Å². The fourth-order valence-corrected chi connectivity index (χ4v) is 6.29. The van der Waals surface area contributed by atoms with Crippen molar-refractivity contribution in [3.8, 4) is 5.75 Å². The normalized spacial score (nSPS) is 19.3. The average Bonchev–Trinajstić information content (AvgIpc) is 3.20. The number of pyridine rings is 1. The first-order chi connectivity index (χ1) is 18.0. The summed E-state index contributed by atoms with van der Waals surface area (Å²) in [4.78, 5) is 36.4. The highest BCUT2D eigenvalue weighted by Gasteiger charge is 2.33. The van der Waals surface area contributed by atoms with Gasteiger partial charge < -0.3 is 9.64 Å². The molecule has 0 aliphatic carbocycles. The maximum Gasteiger partial charge on any atom is 0.267 e. The van der Waals surface area contributed by atoms with Gasteiger partial charge in [0, 0.05) is 25.3 Å². The molecule has 2 aliphatic rings. The number of anilines is 1. The number of carbonyl (C=O) groups is 1. The minimum atomic E-state index is -0.176. The van der Waals surface area contributed by atoms with Gasteiger partial charge in [-0.2, -0.15) is 0 Å². The van der Waals surface area contributed by atoms with E-state index in [-0.39, 0.29) is 11.5 Å². The van der Waals surface area contributed by atoms with Crippen molar-refractivity contribution >= 4 is 51.7 Å². The van der Waals surface area contributed by atoms with E-state index < -0.39 is 0 Å². The van der Waals surface area contributed by atoms with E-state index in [1.807, 2.05) is 42.5 Å². The molecule has 2 aromatic heterocycles. The predicted molar refractivity (Wildman–Crippen MR) is 153 cm³/mol. The highest BCUT2D eigenvalue weighted by molar-refractivity contribution is 8.26. The largest absolute Gasteiger partial charge is 0.497 e. The van der Waals surface area contributed by atoms with E-state index >= 15 is 0 Å². The molecule has 2 aliphatic heterocycles. The number of hydrogen-bond donors (Lipinski definition) is 0. The van der Waals surface area contributed by atoms with E-state index in [0.717, 1.165) is 37.1 Å². The quantitative estimate of drug-likeness (QED) is 0.315. The molecule has 37 heavy (non-hydrogen) atoms. The van der Waals surface area contributed by atoms with Crippen molar-refractivity contribution in [2.75, 3.05) is 25.1 Å². The highest BCUT2D eigenvalue weighted by atomic mass is 32.2. The number of rotatable bonds is 7. The van der Waals surface area contributed by atoms with Crippen LogP contribution in [0.3, 0.4) is 0 Å². The van der Waals surface area contributed by atoms with Crippen LogP contribution in [-0.2, 0) is 11.2 Å². The zero-order chi connectivity index (χ0) is 25.9. The number of methoxy groups -OCH3 is 1. The molecule has 2 saturated heterocycles. The summed E-state index contributed by atoms with van der Waals surface area (Å²) in [5.41, 5.74) is 1.96. The van der Waals surface area contributed by atoms with E-state index in [1.54, 1.807) is 28.7 Å². The van der Waals surface area contributed by atoms with E-state index in [0.29, 0.717) is 45.3 Å². The molecule has 7 nitrogen and oxygen atoms in total. The number of thiocarbonyl (C=S) groups is 1. The first-order valence-electron chi connectivity index (χ1n) is 12.7. The lowest BCUT2D eigenvalue weighted by Crippen LogP contribution is -2.41. The third-order valence-corrected chi connectivity index (χ3v) is 8.43. The number of amides is 1. The van der Waals surface area contributed by atoms with Gasteiger partial charge in [0.25, 0.3) is 11.5 Å². The number of aromatic nitrogens is 2. The van der Waals surface area contributed by atoms with Crippen LogP contribution in [0, 0.1) is 0 Å². The van der Waals surface area contributed by atoms with Crippen molar-refractivity contribution in [3.63, 3.8) is 0 Å². The van der Waals surface area contributed by atoms with Gasteiger partial charge in [0.1, 0.15) is 21.5 Å². The molecule has 0 N–H and O–H groups in total. The molecule has 0 radical (unpaired) electrons. The van der Waals surface area contributed by atoms with Crippen molar-refractivity contribution < 1.29 is 9.53 Å². The highest BCUT2D eigenvalue weighted by Crippen LogP contribution is 2.35. The topological polar surface area (TPSA) is 67.2 Å². The lowest BCUT2D eigenvalue weighted by molar-refractivity contribution is -0.122. The molecule has 9 heteroatoms. The molecule has 0 spiro atoms. The molecule has 1 atom stereocenters. The van der Waals surface area contributed by atoms with E-state index in [4.69, 9.17) is 21.9 Å². The maximum absolute atomic E-state index is 13.7. The molecule has 5 rings (SSSR count). The van der Waals surface area contributed by atoms with Gasteiger partial charge >= 0.3 is 0 Å². The van der Waals surface area contributed by atoms with Crippen molar-refractivity contribution in [1.29, 1.82) is 0 Å². The average molecular weight is 535 g/mol. The van der Waals surface area contributed by atoms with Crippen LogP contribution in [0.15, 0.2) is 58.4 Å². The Kier molecular flexibility index (Phi) is 7.62. The van der Waals surface area contributed by atoms with Crippen molar-refractivity contribution in [2.24, 2.45) is 0 Å². The number of nitrogens with zero attached hydrogens (tertiary/aromatic N) is 4. The molecule has 4 heterocycles. The maximum atomic E-state index is 13.7. The summed E-state index contributed by atoms with van der Waals surface area (Å²) in [6, 6.07) is 13.7. The van der Waals surface area contributed by atoms with Crippen molar-refractivity contribution in [3.05, 3.63) is 75.0 Å². The molecule has 192 valence electrons. The predicted octanol–water partition coefficient (Wildman–Crippen LogP) is 4.92. The minimum absolute atomic E-state index is 0.169. The molecule has 1 aromatic carbocycles. The van der Waals surface area contributed by atoms with Crippen LogP contribution in [0.5, 0.6) is 5.75 Å². The Hall–Kier alpha value is -3.17. The summed E-state index contributed by atoms with van der Waals surface area (Å²) >= 11 is 6.82. The van der Waals surface area contributed by atoms with Gasteiger partial charge in [0.15, 0.2) is 0 Å². The van der Waals surface area contributed by atoms with Crippen molar-refractivity contribution in [2.45, 2.75) is 45.1 Å². The Bertz CT molecular complexity index is 1420. The SMILES string of the molecule is CCC1CCCCN1c1nc2ccccn2c(=O)c1/C=C1/SC(=S)N(CCc2ccc(OC)cc2)C1=O. The van der Waals surface area contributed by atoms with Crippen molar-refractivity contribution in [1.82, 2.24) is 14.3 Å². The van der Waals surface area contributed by atoms with Gasteiger partial charge in [0.05, 0.1) is 17.6 Å². The van der Waals surface area contributed by atoms with E-state index in [2.05, 4.69) is 11.8 Å². The third-order valence-electron chi connectivity index (χ3n) is 7.05. The number of piperidine rings is 1. The Morgan fingerprint density at radius 2 is 1.97 bits per heavy atom. The summed E-state index contributed by atoms with van der Waals surface area (Å²) in [5.74, 6) is 1.28. The van der Waals surface area contributed by atoms with Gasteiger partial charge in [-0.15, -0.1) is 0 Å². The van der Waals surface area contributed by atoms with Crippen LogP contribution in [0.1, 0.15) is 43.7 Å². The van der Waals surface area contributed by atoms with Crippen LogP contribution in [0.2, 0.25) is 0 Å². The Balaban J connectivity index is 1.48. The monoisotopic (exact) mass is 534 g/mol. The fraction of sp³-hybridized carbons (Fsp3) is 0.357. The smallest absolute Gasteiger partial charge is 0.267 e. The van der Waals surface area contributed by atoms with Gasteiger partial charge in [0.2, 0.25) is 0 Å². The second-order valence-corrected chi connectivity index (χ2v) is 10.9. The minimum Gasteiger partial charge on any atom is -0.497 e. The molecule has 0 saturated carbocycles. The van der Waals surface area contributed by atoms with Crippen LogP contribution < -0.4 is 15.2 Å². The molecular weight excluding hydrogens is 504 g/mol. The van der Waals surface area contributed by atoms with Crippen LogP contribution >= 0.6 is 24.0 Å². The molecule has 1 amide bonds. The summed E-state index contributed by atoms with van der Waals surface area (Å²) in [6.45, 7) is 3.49. The molecule has 0 bridgehead atoms. The second-order valence-electron chi connectivity index (χ2n) is 9.27. The zero-order valence-electron chi connectivity index (χ0n) is 21.1. The molecule has 1 unspecified atom stereocenters. The summed E-state index contributed by atoms with van der Waals surface area (Å²) < 4.78 is 7.27. The fourth-order valence-electron chi connectivity index (χ4n) is 5.00. The first-order valence-corrected chi connectivity index (χ1v) is 13.9. The standard InChI is InChI=1S/C28H30N4O3S2/c1-3-20-8-4-6-15-30(20)25-22(26(33)31-16-7-5-9-24(31)29-25)18-23-27(34)32(28(36)37-23)17-14-19-10-12-21(35-2)13-11-19/h5,7,9-13,16,18,20H,3-4,6,8,14-15,17H2,1-2H3/b23-18+. The molecular formula is C28H30N4O3S2. The van der Waals surface area contributed by atoms with Crippen LogP contribution in [0.4, 0.5) is 5.82 Å². The molecule has 2 fully saturated rings. The van der Waals surface area contributed by atoms with E-state index in [9.17, 15) is 9.59 Å². The number of benzene rings is 1. The van der Waals surface area contributed by atoms with Crippen LogP contribution in [0.25, 0.3) is 11.7 Å². The number of thioether (sulfide) groups is 1. The Morgan fingerprint density at radius 3 is 2.73 bits per heavy atom. The van der Waals surface area contributed by atoms with Crippen LogP contribution in [-0.4, -0.2) is 50.8 Å². The number of hydrogen-bond acceptors (Lipinski definition) is 7. The summed E-state index contributed by atoms with van der Waals surface area (Å²) in [7, 11) is 1.64. The lowest BCUT2D eigenvalue weighted by atomic mass is 9.99. The first kappa shape index (κ1) is 25.5. The summed E-state index contributed by atoms with van der Waals surface area (Å²) in [6.07, 6.45) is 8.36. The number of ether oxygens (including phenoxy) is 1. The number of carbonyl (C=O) groups excluding carboxylic acids is 1. The number of fused-ring (bicyclic) bond motifs is 1. The van der Waals surface area contributed by atoms with Gasteiger partial charge in [-0.05, 0) is 68.0 Å². The molecule has 3 aromatic rings. The Labute approximate surface area is 226 Å². The summed E-state index contributed by atoms with van der Waals surface area (Å²) in [5, 5.41) is 0.